The highest BCUT2D eigenvalue weighted by atomic mass is 79.9. The second kappa shape index (κ2) is 2.17. The molecule has 7 heavy (non-hydrogen) atoms. The number of rotatable bonds is 2. The van der Waals surface area contributed by atoms with Gasteiger partial charge in [0.25, 0.3) is 0 Å². The lowest BCUT2D eigenvalue weighted by atomic mass is 10.3. The van der Waals surface area contributed by atoms with E-state index in [2.05, 4.69) is 22.9 Å². The highest BCUT2D eigenvalue weighted by Crippen LogP contribution is 2.41. The molecule has 0 aliphatic heterocycles. The van der Waals surface area contributed by atoms with Crippen LogP contribution in [0.3, 0.4) is 0 Å². The molecule has 0 amide bonds. The molecule has 0 N–H and O–H groups in total. The molecule has 1 rings (SSSR count). The van der Waals surface area contributed by atoms with Crippen LogP contribution >= 0.6 is 15.9 Å². The fourth-order valence-electron chi connectivity index (χ4n) is 0.999. The fraction of sp³-hybridized carbons (Fsp3) is 1.00. The lowest BCUT2D eigenvalue weighted by Crippen LogP contribution is -1.78. The van der Waals surface area contributed by atoms with E-state index in [1.165, 1.54) is 18.2 Å². The average Bonchev–Trinajstić information content (AvgIpc) is 2.43. The van der Waals surface area contributed by atoms with Crippen LogP contribution in [0, 0.1) is 11.8 Å². The van der Waals surface area contributed by atoms with Gasteiger partial charge in [0, 0.05) is 5.33 Å². The summed E-state index contributed by atoms with van der Waals surface area (Å²) in [6.07, 6.45) is 2.86. The highest BCUT2D eigenvalue weighted by molar-refractivity contribution is 9.09. The van der Waals surface area contributed by atoms with Crippen molar-refractivity contribution >= 4 is 15.9 Å². The molecule has 0 saturated heterocycles. The van der Waals surface area contributed by atoms with Crippen molar-refractivity contribution in [2.24, 2.45) is 11.8 Å². The maximum Gasteiger partial charge on any atom is 0.00624 e. The van der Waals surface area contributed by atoms with Crippen molar-refractivity contribution in [2.45, 2.75) is 19.8 Å². The molecule has 0 heterocycles. The van der Waals surface area contributed by atoms with Crippen molar-refractivity contribution in [3.05, 3.63) is 0 Å². The molecule has 0 aromatic heterocycles. The Balaban J connectivity index is 2.06. The maximum absolute atomic E-state index is 3.46. The summed E-state index contributed by atoms with van der Waals surface area (Å²) in [5.74, 6) is 2.10. The van der Waals surface area contributed by atoms with Gasteiger partial charge in [-0.1, -0.05) is 29.3 Å². The molecule has 0 spiro atoms. The van der Waals surface area contributed by atoms with Gasteiger partial charge in [-0.05, 0) is 18.3 Å². The standard InChI is InChI=1S/C6H11Br/c1-2-5-3-6(5)4-7/h5-6H,2-4H2,1H3. The Morgan fingerprint density at radius 1 is 1.57 bits per heavy atom. The first kappa shape index (κ1) is 5.61. The van der Waals surface area contributed by atoms with Gasteiger partial charge in [0.05, 0.1) is 0 Å². The smallest absolute Gasteiger partial charge is 0.00624 e. The molecule has 0 aromatic carbocycles. The average molecular weight is 163 g/mol. The van der Waals surface area contributed by atoms with Crippen LogP contribution in [-0.4, -0.2) is 5.33 Å². The van der Waals surface area contributed by atoms with Gasteiger partial charge in [0.2, 0.25) is 0 Å². The third-order valence-corrected chi connectivity index (χ3v) is 2.62. The summed E-state index contributed by atoms with van der Waals surface area (Å²) >= 11 is 3.46. The topological polar surface area (TPSA) is 0 Å². The Bertz CT molecular complexity index is 53.2. The van der Waals surface area contributed by atoms with E-state index in [0.29, 0.717) is 0 Å². The third kappa shape index (κ3) is 1.18. The minimum Gasteiger partial charge on any atom is -0.0925 e. The minimum atomic E-state index is 1.03. The number of hydrogen-bond acceptors (Lipinski definition) is 0. The van der Waals surface area contributed by atoms with Gasteiger partial charge < -0.3 is 0 Å². The summed E-state index contributed by atoms with van der Waals surface area (Å²) in [7, 11) is 0. The molecule has 1 saturated carbocycles. The Hall–Kier alpha value is 0.480. The molecule has 0 aromatic rings. The zero-order valence-corrected chi connectivity index (χ0v) is 6.24. The van der Waals surface area contributed by atoms with Gasteiger partial charge in [-0.25, -0.2) is 0 Å². The Morgan fingerprint density at radius 2 is 2.29 bits per heavy atom. The zero-order valence-electron chi connectivity index (χ0n) is 4.65. The monoisotopic (exact) mass is 162 g/mol. The van der Waals surface area contributed by atoms with E-state index in [9.17, 15) is 0 Å². The molecule has 0 nitrogen and oxygen atoms in total. The molecule has 0 radical (unpaired) electrons. The van der Waals surface area contributed by atoms with E-state index in [0.717, 1.165) is 11.8 Å². The van der Waals surface area contributed by atoms with Crippen LogP contribution in [0.4, 0.5) is 0 Å². The lowest BCUT2D eigenvalue weighted by molar-refractivity contribution is 0.731. The van der Waals surface area contributed by atoms with E-state index in [4.69, 9.17) is 0 Å². The van der Waals surface area contributed by atoms with Crippen LogP contribution < -0.4 is 0 Å². The largest absolute Gasteiger partial charge is 0.0925 e. The highest BCUT2D eigenvalue weighted by Gasteiger charge is 2.33. The van der Waals surface area contributed by atoms with E-state index < -0.39 is 0 Å². The van der Waals surface area contributed by atoms with Crippen LogP contribution in [-0.2, 0) is 0 Å². The molecule has 2 atom stereocenters. The summed E-state index contributed by atoms with van der Waals surface area (Å²) < 4.78 is 0. The van der Waals surface area contributed by atoms with Crippen molar-refractivity contribution in [1.29, 1.82) is 0 Å². The third-order valence-electron chi connectivity index (χ3n) is 1.79. The van der Waals surface area contributed by atoms with Crippen LogP contribution in [0.5, 0.6) is 0 Å². The van der Waals surface area contributed by atoms with Gasteiger partial charge in [0.15, 0.2) is 0 Å². The van der Waals surface area contributed by atoms with E-state index in [1.807, 2.05) is 0 Å². The molecule has 1 heteroatoms. The number of alkyl halides is 1. The van der Waals surface area contributed by atoms with Crippen LogP contribution in [0.2, 0.25) is 0 Å². The molecule has 1 aliphatic carbocycles. The fourth-order valence-corrected chi connectivity index (χ4v) is 1.79. The van der Waals surface area contributed by atoms with Gasteiger partial charge >= 0.3 is 0 Å². The molecule has 1 aliphatic rings. The molecule has 1 fully saturated rings. The van der Waals surface area contributed by atoms with Crippen molar-refractivity contribution in [2.75, 3.05) is 5.33 Å². The van der Waals surface area contributed by atoms with Crippen LogP contribution in [0.1, 0.15) is 19.8 Å². The summed E-state index contributed by atoms with van der Waals surface area (Å²) in [6.45, 7) is 2.27. The van der Waals surface area contributed by atoms with E-state index >= 15 is 0 Å². The quantitative estimate of drug-likeness (QED) is 0.548. The zero-order chi connectivity index (χ0) is 5.28. The van der Waals surface area contributed by atoms with Gasteiger partial charge in [0.1, 0.15) is 0 Å². The van der Waals surface area contributed by atoms with Crippen molar-refractivity contribution in [1.82, 2.24) is 0 Å². The Labute approximate surface area is 53.4 Å². The summed E-state index contributed by atoms with van der Waals surface area (Å²) in [6, 6.07) is 0. The van der Waals surface area contributed by atoms with Gasteiger partial charge in [-0.3, -0.25) is 0 Å². The first-order valence-corrected chi connectivity index (χ1v) is 4.06. The molecule has 0 bridgehead atoms. The van der Waals surface area contributed by atoms with Crippen molar-refractivity contribution in [3.63, 3.8) is 0 Å². The lowest BCUT2D eigenvalue weighted by Gasteiger charge is -1.84. The second-order valence-corrected chi connectivity index (χ2v) is 2.97. The summed E-state index contributed by atoms with van der Waals surface area (Å²) in [4.78, 5) is 0. The number of halogens is 1. The van der Waals surface area contributed by atoms with E-state index in [-0.39, 0.29) is 0 Å². The predicted octanol–water partition coefficient (Wildman–Crippen LogP) is 2.43. The van der Waals surface area contributed by atoms with E-state index in [1.54, 1.807) is 0 Å². The molecular formula is C6H11Br. The number of hydrogen-bond donors (Lipinski definition) is 0. The van der Waals surface area contributed by atoms with Crippen LogP contribution in [0.15, 0.2) is 0 Å². The SMILES string of the molecule is CCC1CC1CBr. The van der Waals surface area contributed by atoms with Crippen molar-refractivity contribution < 1.29 is 0 Å². The van der Waals surface area contributed by atoms with Gasteiger partial charge in [-0.15, -0.1) is 0 Å². The first-order chi connectivity index (χ1) is 3.38. The minimum absolute atomic E-state index is 1.03. The Kier molecular flexibility index (Phi) is 1.74. The predicted molar refractivity (Wildman–Crippen MR) is 35.7 cm³/mol. The molecule has 2 unspecified atom stereocenters. The second-order valence-electron chi connectivity index (χ2n) is 2.32. The summed E-state index contributed by atoms with van der Waals surface area (Å²) in [5, 5.41) is 1.23. The first-order valence-electron chi connectivity index (χ1n) is 2.94. The van der Waals surface area contributed by atoms with Gasteiger partial charge in [-0.2, -0.15) is 0 Å². The maximum atomic E-state index is 3.46. The molecule has 42 valence electrons. The van der Waals surface area contributed by atoms with Crippen LogP contribution in [0.25, 0.3) is 0 Å². The van der Waals surface area contributed by atoms with Crippen molar-refractivity contribution in [3.8, 4) is 0 Å². The normalized spacial score (nSPS) is 38.6. The Morgan fingerprint density at radius 3 is 2.43 bits per heavy atom. The summed E-state index contributed by atoms with van der Waals surface area (Å²) in [5.41, 5.74) is 0. The molecular weight excluding hydrogens is 152 g/mol.